The van der Waals surface area contributed by atoms with Crippen molar-refractivity contribution in [1.29, 1.82) is 0 Å². The molecule has 2 atom stereocenters. The van der Waals surface area contributed by atoms with Crippen LogP contribution in [0.1, 0.15) is 24.7 Å². The summed E-state index contributed by atoms with van der Waals surface area (Å²) < 4.78 is 0. The Morgan fingerprint density at radius 3 is 2.38 bits per heavy atom. The van der Waals surface area contributed by atoms with Crippen molar-refractivity contribution in [2.24, 2.45) is 5.92 Å². The molecule has 3 aromatic rings. The normalized spacial score (nSPS) is 12.9. The highest BCUT2D eigenvalue weighted by Gasteiger charge is 2.21. The fraction of sp³-hybridized carbons (Fsp3) is 0.286. The fourth-order valence-electron chi connectivity index (χ4n) is 3.15. The number of hydrogen-bond acceptors (Lipinski definition) is 5. The number of H-pyrrole nitrogens is 1. The van der Waals surface area contributed by atoms with E-state index in [9.17, 15) is 14.7 Å². The molecule has 0 radical (unpaired) electrons. The lowest BCUT2D eigenvalue weighted by Crippen LogP contribution is -2.39. The molecule has 8 nitrogen and oxygen atoms in total. The molecule has 0 saturated heterocycles. The highest BCUT2D eigenvalue weighted by molar-refractivity contribution is 5.78. The van der Waals surface area contributed by atoms with Crippen LogP contribution in [0.25, 0.3) is 11.1 Å². The highest BCUT2D eigenvalue weighted by Crippen LogP contribution is 2.20. The van der Waals surface area contributed by atoms with Crippen molar-refractivity contribution in [2.45, 2.75) is 32.2 Å². The van der Waals surface area contributed by atoms with Gasteiger partial charge in [0, 0.05) is 6.04 Å². The average Bonchev–Trinajstić information content (AvgIpc) is 3.22. The van der Waals surface area contributed by atoms with Crippen LogP contribution in [0.4, 0.5) is 0 Å². The number of carboxylic acids is 1. The van der Waals surface area contributed by atoms with Gasteiger partial charge in [-0.3, -0.25) is 9.59 Å². The maximum atomic E-state index is 12.3. The summed E-state index contributed by atoms with van der Waals surface area (Å²) in [5.41, 5.74) is 3.25. The molecule has 0 spiro atoms. The van der Waals surface area contributed by atoms with Gasteiger partial charge in [0.1, 0.15) is 0 Å². The number of benzene rings is 2. The number of nitrogens with zero attached hydrogens (tertiary/aromatic N) is 3. The first-order valence-electron chi connectivity index (χ1n) is 9.40. The van der Waals surface area contributed by atoms with Gasteiger partial charge in [0.25, 0.3) is 0 Å². The first-order valence-corrected chi connectivity index (χ1v) is 9.40. The van der Waals surface area contributed by atoms with Crippen molar-refractivity contribution >= 4 is 11.9 Å². The smallest absolute Gasteiger partial charge is 0.306 e. The van der Waals surface area contributed by atoms with E-state index in [0.717, 1.165) is 16.7 Å². The molecular formula is C21H23N5O3. The minimum Gasteiger partial charge on any atom is -0.481 e. The number of amides is 1. The SMILES string of the molecule is C[C@H](CC(Cc1ccc(-c2ccccc2)cc1)NC(=O)Cc1nn[nH]n1)C(=O)O. The molecule has 0 aliphatic rings. The molecule has 1 heterocycles. The van der Waals surface area contributed by atoms with Crippen molar-refractivity contribution < 1.29 is 14.7 Å². The number of aromatic nitrogens is 4. The number of carbonyl (C=O) groups is 2. The minimum absolute atomic E-state index is 0.0125. The van der Waals surface area contributed by atoms with E-state index in [-0.39, 0.29) is 18.4 Å². The van der Waals surface area contributed by atoms with Crippen LogP contribution in [0.3, 0.4) is 0 Å². The Labute approximate surface area is 168 Å². The number of aromatic amines is 1. The third kappa shape index (κ3) is 5.97. The van der Waals surface area contributed by atoms with E-state index in [1.165, 1.54) is 0 Å². The number of tetrazole rings is 1. The summed E-state index contributed by atoms with van der Waals surface area (Å²) in [5.74, 6) is -1.44. The van der Waals surface area contributed by atoms with Gasteiger partial charge in [-0.1, -0.05) is 66.7 Å². The third-order valence-corrected chi connectivity index (χ3v) is 4.68. The summed E-state index contributed by atoms with van der Waals surface area (Å²) in [6, 6.07) is 17.8. The van der Waals surface area contributed by atoms with Crippen LogP contribution in [0, 0.1) is 5.92 Å². The zero-order valence-corrected chi connectivity index (χ0v) is 16.1. The van der Waals surface area contributed by atoms with E-state index < -0.39 is 11.9 Å². The van der Waals surface area contributed by atoms with Gasteiger partial charge in [0.2, 0.25) is 5.91 Å². The number of carbonyl (C=O) groups excluding carboxylic acids is 1. The van der Waals surface area contributed by atoms with Crippen LogP contribution < -0.4 is 5.32 Å². The molecule has 8 heteroatoms. The second-order valence-electron chi connectivity index (χ2n) is 7.01. The van der Waals surface area contributed by atoms with E-state index in [4.69, 9.17) is 0 Å². The molecule has 3 N–H and O–H groups in total. The van der Waals surface area contributed by atoms with Crippen molar-refractivity contribution in [2.75, 3.05) is 0 Å². The predicted molar refractivity (Wildman–Crippen MR) is 107 cm³/mol. The minimum atomic E-state index is -0.887. The number of rotatable bonds is 9. The molecule has 1 aromatic heterocycles. The molecule has 0 aliphatic heterocycles. The van der Waals surface area contributed by atoms with Gasteiger partial charge in [-0.25, -0.2) is 0 Å². The molecule has 150 valence electrons. The van der Waals surface area contributed by atoms with Crippen molar-refractivity contribution in [1.82, 2.24) is 25.9 Å². The maximum Gasteiger partial charge on any atom is 0.306 e. The van der Waals surface area contributed by atoms with Crippen LogP contribution in [0.2, 0.25) is 0 Å². The monoisotopic (exact) mass is 393 g/mol. The van der Waals surface area contributed by atoms with Gasteiger partial charge in [-0.05, 0) is 29.5 Å². The van der Waals surface area contributed by atoms with Crippen molar-refractivity contribution in [3.05, 3.63) is 66.0 Å². The van der Waals surface area contributed by atoms with E-state index in [2.05, 4.69) is 25.9 Å². The van der Waals surface area contributed by atoms with Gasteiger partial charge in [-0.15, -0.1) is 10.2 Å². The van der Waals surface area contributed by atoms with E-state index in [0.29, 0.717) is 18.7 Å². The van der Waals surface area contributed by atoms with Crippen LogP contribution in [-0.4, -0.2) is 43.6 Å². The van der Waals surface area contributed by atoms with Crippen LogP contribution >= 0.6 is 0 Å². The van der Waals surface area contributed by atoms with E-state index in [1.807, 2.05) is 54.6 Å². The molecule has 0 bridgehead atoms. The van der Waals surface area contributed by atoms with Crippen LogP contribution in [0.5, 0.6) is 0 Å². The number of nitrogens with one attached hydrogen (secondary N) is 2. The number of aliphatic carboxylic acids is 1. The third-order valence-electron chi connectivity index (χ3n) is 4.68. The lowest BCUT2D eigenvalue weighted by Gasteiger charge is -2.21. The van der Waals surface area contributed by atoms with Gasteiger partial charge < -0.3 is 10.4 Å². The van der Waals surface area contributed by atoms with E-state index >= 15 is 0 Å². The Bertz CT molecular complexity index is 927. The zero-order valence-electron chi connectivity index (χ0n) is 16.1. The van der Waals surface area contributed by atoms with Crippen molar-refractivity contribution in [3.63, 3.8) is 0 Å². The first-order chi connectivity index (χ1) is 14.0. The molecule has 0 fully saturated rings. The summed E-state index contributed by atoms with van der Waals surface area (Å²) in [6.45, 7) is 1.64. The Morgan fingerprint density at radius 2 is 1.76 bits per heavy atom. The van der Waals surface area contributed by atoms with Gasteiger partial charge in [0.15, 0.2) is 5.82 Å². The molecule has 2 aromatic carbocycles. The van der Waals surface area contributed by atoms with Crippen LogP contribution in [-0.2, 0) is 22.4 Å². The lowest BCUT2D eigenvalue weighted by atomic mass is 9.95. The number of hydrogen-bond donors (Lipinski definition) is 3. The summed E-state index contributed by atoms with van der Waals surface area (Å²) in [7, 11) is 0. The van der Waals surface area contributed by atoms with Gasteiger partial charge in [0.05, 0.1) is 12.3 Å². The van der Waals surface area contributed by atoms with E-state index in [1.54, 1.807) is 6.92 Å². The zero-order chi connectivity index (χ0) is 20.6. The molecule has 0 aliphatic carbocycles. The second-order valence-corrected chi connectivity index (χ2v) is 7.01. The Hall–Kier alpha value is -3.55. The standard InChI is InChI=1S/C21H23N5O3/c1-14(21(28)29)11-18(22-20(27)13-19-23-25-26-24-19)12-15-7-9-17(10-8-15)16-5-3-2-4-6-16/h2-10,14,18H,11-13H2,1H3,(H,22,27)(H,28,29)(H,23,24,25,26)/t14-,18?/m1/s1. The lowest BCUT2D eigenvalue weighted by molar-refractivity contribution is -0.141. The Balaban J connectivity index is 1.68. The summed E-state index contributed by atoms with van der Waals surface area (Å²) in [4.78, 5) is 23.6. The summed E-state index contributed by atoms with van der Waals surface area (Å²) in [5, 5.41) is 25.5. The maximum absolute atomic E-state index is 12.3. The summed E-state index contributed by atoms with van der Waals surface area (Å²) in [6.07, 6.45) is 0.847. The summed E-state index contributed by atoms with van der Waals surface area (Å²) >= 11 is 0. The second kappa shape index (κ2) is 9.59. The largest absolute Gasteiger partial charge is 0.481 e. The quantitative estimate of drug-likeness (QED) is 0.513. The Morgan fingerprint density at radius 1 is 1.07 bits per heavy atom. The molecule has 1 amide bonds. The van der Waals surface area contributed by atoms with Gasteiger partial charge in [-0.2, -0.15) is 5.21 Å². The predicted octanol–water partition coefficient (Wildman–Crippen LogP) is 2.25. The average molecular weight is 393 g/mol. The molecule has 1 unspecified atom stereocenters. The Kier molecular flexibility index (Phi) is 6.67. The molecule has 29 heavy (non-hydrogen) atoms. The van der Waals surface area contributed by atoms with Gasteiger partial charge >= 0.3 is 5.97 Å². The molecule has 3 rings (SSSR count). The topological polar surface area (TPSA) is 121 Å². The number of carboxylic acid groups (broad SMARTS) is 1. The van der Waals surface area contributed by atoms with Crippen molar-refractivity contribution in [3.8, 4) is 11.1 Å². The highest BCUT2D eigenvalue weighted by atomic mass is 16.4. The first kappa shape index (κ1) is 20.2. The fourth-order valence-corrected chi connectivity index (χ4v) is 3.15. The molecular weight excluding hydrogens is 370 g/mol. The van der Waals surface area contributed by atoms with Crippen LogP contribution in [0.15, 0.2) is 54.6 Å². The molecule has 0 saturated carbocycles.